The summed E-state index contributed by atoms with van der Waals surface area (Å²) >= 11 is 5.41. The molecular weight excluding hydrogens is 406 g/mol. The quantitative estimate of drug-likeness (QED) is 0.500. The maximum absolute atomic E-state index is 13.3. The highest BCUT2D eigenvalue weighted by molar-refractivity contribution is 9.10. The van der Waals surface area contributed by atoms with Crippen molar-refractivity contribution >= 4 is 44.9 Å². The summed E-state index contributed by atoms with van der Waals surface area (Å²) in [6.45, 7) is 0. The molecule has 3 aromatic carbocycles. The molecule has 0 amide bonds. The summed E-state index contributed by atoms with van der Waals surface area (Å²) < 4.78 is 1.02. The number of benzene rings is 3. The first-order valence-corrected chi connectivity index (χ1v) is 10.1. The SMILES string of the molecule is O=C1C2=C(Nc3ccccc3S[C@H]2c2ccccc2Br)c2ccccc21. The molecule has 5 rings (SSSR count). The maximum Gasteiger partial charge on any atom is 0.193 e. The highest BCUT2D eigenvalue weighted by Gasteiger charge is 2.38. The number of anilines is 1. The number of rotatable bonds is 1. The summed E-state index contributed by atoms with van der Waals surface area (Å²) in [6, 6.07) is 24.3. The number of Topliss-reactive ketones (excluding diaryl/α,β-unsaturated/α-hetero) is 1. The Morgan fingerprint density at radius 3 is 2.38 bits per heavy atom. The van der Waals surface area contributed by atoms with Crippen molar-refractivity contribution in [3.8, 4) is 0 Å². The van der Waals surface area contributed by atoms with Gasteiger partial charge in [0, 0.05) is 26.1 Å². The summed E-state index contributed by atoms with van der Waals surface area (Å²) in [5, 5.41) is 3.48. The Kier molecular flexibility index (Phi) is 3.76. The van der Waals surface area contributed by atoms with Gasteiger partial charge in [0.1, 0.15) is 0 Å². The Labute approximate surface area is 164 Å². The minimum atomic E-state index is -0.0726. The van der Waals surface area contributed by atoms with Crippen LogP contribution in [0.3, 0.4) is 0 Å². The molecule has 126 valence electrons. The molecule has 1 heterocycles. The zero-order chi connectivity index (χ0) is 17.7. The van der Waals surface area contributed by atoms with E-state index in [4.69, 9.17) is 0 Å². The van der Waals surface area contributed by atoms with Crippen LogP contribution in [0.5, 0.6) is 0 Å². The van der Waals surface area contributed by atoms with Gasteiger partial charge >= 0.3 is 0 Å². The molecule has 1 aliphatic carbocycles. The third-order valence-electron chi connectivity index (χ3n) is 4.80. The minimum Gasteiger partial charge on any atom is -0.354 e. The van der Waals surface area contributed by atoms with Gasteiger partial charge in [-0.1, -0.05) is 70.5 Å². The second kappa shape index (κ2) is 6.15. The summed E-state index contributed by atoms with van der Waals surface area (Å²) in [5.74, 6) is 0.115. The van der Waals surface area contributed by atoms with Crippen molar-refractivity contribution < 1.29 is 4.79 Å². The van der Waals surface area contributed by atoms with Crippen LogP contribution >= 0.6 is 27.7 Å². The van der Waals surface area contributed by atoms with E-state index in [1.54, 1.807) is 11.8 Å². The fourth-order valence-corrected chi connectivity index (χ4v) is 5.59. The van der Waals surface area contributed by atoms with Gasteiger partial charge in [0.05, 0.1) is 16.6 Å². The lowest BCUT2D eigenvalue weighted by Gasteiger charge is -2.18. The number of carbonyl (C=O) groups is 1. The Balaban J connectivity index is 1.78. The molecule has 0 saturated heterocycles. The van der Waals surface area contributed by atoms with E-state index in [1.165, 1.54) is 0 Å². The first-order valence-electron chi connectivity index (χ1n) is 8.39. The second-order valence-electron chi connectivity index (χ2n) is 6.30. The van der Waals surface area contributed by atoms with Crippen LogP contribution in [0.25, 0.3) is 5.70 Å². The molecule has 26 heavy (non-hydrogen) atoms. The monoisotopic (exact) mass is 419 g/mol. The highest BCUT2D eigenvalue weighted by Crippen LogP contribution is 2.53. The fourth-order valence-electron chi connectivity index (χ4n) is 3.59. The Bertz CT molecular complexity index is 1090. The zero-order valence-electron chi connectivity index (χ0n) is 13.7. The van der Waals surface area contributed by atoms with Gasteiger partial charge in [0.15, 0.2) is 5.78 Å². The van der Waals surface area contributed by atoms with Crippen molar-refractivity contribution in [2.75, 3.05) is 5.32 Å². The van der Waals surface area contributed by atoms with Crippen molar-refractivity contribution in [2.24, 2.45) is 0 Å². The van der Waals surface area contributed by atoms with Gasteiger partial charge in [-0.15, -0.1) is 11.8 Å². The Hall–Kier alpha value is -2.30. The number of hydrogen-bond donors (Lipinski definition) is 1. The molecule has 3 aromatic rings. The first-order chi connectivity index (χ1) is 12.7. The van der Waals surface area contributed by atoms with Crippen molar-refractivity contribution in [3.05, 3.63) is 99.5 Å². The molecule has 1 aliphatic heterocycles. The molecule has 0 fully saturated rings. The van der Waals surface area contributed by atoms with E-state index in [0.717, 1.165) is 43.0 Å². The van der Waals surface area contributed by atoms with Crippen molar-refractivity contribution in [1.29, 1.82) is 0 Å². The van der Waals surface area contributed by atoms with E-state index in [1.807, 2.05) is 54.6 Å². The van der Waals surface area contributed by atoms with Gasteiger partial charge in [0.25, 0.3) is 0 Å². The smallest absolute Gasteiger partial charge is 0.193 e. The van der Waals surface area contributed by atoms with E-state index >= 15 is 0 Å². The van der Waals surface area contributed by atoms with Gasteiger partial charge < -0.3 is 5.32 Å². The number of nitrogens with one attached hydrogen (secondary N) is 1. The molecule has 0 saturated carbocycles. The number of fused-ring (bicyclic) bond motifs is 3. The highest BCUT2D eigenvalue weighted by atomic mass is 79.9. The fraction of sp³-hybridized carbons (Fsp3) is 0.0455. The molecule has 0 aromatic heterocycles. The average Bonchev–Trinajstić information content (AvgIpc) is 2.84. The largest absolute Gasteiger partial charge is 0.354 e. The van der Waals surface area contributed by atoms with Gasteiger partial charge in [-0.2, -0.15) is 0 Å². The maximum atomic E-state index is 13.3. The number of thioether (sulfide) groups is 1. The third-order valence-corrected chi connectivity index (χ3v) is 6.85. The summed E-state index contributed by atoms with van der Waals surface area (Å²) in [6.07, 6.45) is 0. The van der Waals surface area contributed by atoms with Crippen LogP contribution < -0.4 is 5.32 Å². The molecular formula is C22H14BrNOS. The van der Waals surface area contributed by atoms with E-state index < -0.39 is 0 Å². The number of para-hydroxylation sites is 1. The second-order valence-corrected chi connectivity index (χ2v) is 8.31. The molecule has 0 spiro atoms. The van der Waals surface area contributed by atoms with Gasteiger partial charge in [-0.05, 0) is 23.8 Å². The summed E-state index contributed by atoms with van der Waals surface area (Å²) in [4.78, 5) is 14.4. The van der Waals surface area contributed by atoms with Crippen LogP contribution in [0.15, 0.2) is 87.7 Å². The number of hydrogen-bond acceptors (Lipinski definition) is 3. The lowest BCUT2D eigenvalue weighted by molar-refractivity contribution is 0.103. The lowest BCUT2D eigenvalue weighted by Crippen LogP contribution is -2.08. The van der Waals surface area contributed by atoms with E-state index in [2.05, 4.69) is 39.4 Å². The van der Waals surface area contributed by atoms with E-state index in [0.29, 0.717) is 0 Å². The normalized spacial score (nSPS) is 17.9. The van der Waals surface area contributed by atoms with Crippen LogP contribution in [0, 0.1) is 0 Å². The predicted octanol–water partition coefficient (Wildman–Crippen LogP) is 6.32. The van der Waals surface area contributed by atoms with Crippen LogP contribution in [-0.2, 0) is 0 Å². The topological polar surface area (TPSA) is 29.1 Å². The standard InChI is InChI=1S/C22H14BrNOS/c23-16-10-4-3-9-15(16)22-19-20(13-7-1-2-8-14(13)21(19)25)24-17-11-5-6-12-18(17)26-22/h1-12,22,24H/t22-/m0/s1. The molecule has 1 N–H and O–H groups in total. The van der Waals surface area contributed by atoms with E-state index in [-0.39, 0.29) is 11.0 Å². The van der Waals surface area contributed by atoms with Gasteiger partial charge in [0.2, 0.25) is 0 Å². The Morgan fingerprint density at radius 1 is 0.846 bits per heavy atom. The number of carbonyl (C=O) groups excluding carboxylic acids is 1. The van der Waals surface area contributed by atoms with Gasteiger partial charge in [-0.3, -0.25) is 4.79 Å². The zero-order valence-corrected chi connectivity index (χ0v) is 16.1. The van der Waals surface area contributed by atoms with Crippen molar-refractivity contribution in [3.63, 3.8) is 0 Å². The molecule has 2 aliphatic rings. The van der Waals surface area contributed by atoms with Crippen LogP contribution in [-0.4, -0.2) is 5.78 Å². The molecule has 0 radical (unpaired) electrons. The molecule has 1 atom stereocenters. The summed E-state index contributed by atoms with van der Waals surface area (Å²) in [7, 11) is 0. The third kappa shape index (κ3) is 2.37. The molecule has 0 unspecified atom stereocenters. The Morgan fingerprint density at radius 2 is 1.54 bits per heavy atom. The number of halogens is 1. The predicted molar refractivity (Wildman–Crippen MR) is 110 cm³/mol. The number of ketones is 1. The molecule has 4 heteroatoms. The first kappa shape index (κ1) is 15.9. The van der Waals surface area contributed by atoms with Crippen LogP contribution in [0.2, 0.25) is 0 Å². The van der Waals surface area contributed by atoms with Crippen molar-refractivity contribution in [2.45, 2.75) is 10.1 Å². The van der Waals surface area contributed by atoms with Crippen molar-refractivity contribution in [1.82, 2.24) is 0 Å². The molecule has 2 nitrogen and oxygen atoms in total. The molecule has 0 bridgehead atoms. The van der Waals surface area contributed by atoms with Crippen LogP contribution in [0.4, 0.5) is 5.69 Å². The van der Waals surface area contributed by atoms with Crippen LogP contribution in [0.1, 0.15) is 26.7 Å². The minimum absolute atomic E-state index is 0.0726. The average molecular weight is 420 g/mol. The van der Waals surface area contributed by atoms with Gasteiger partial charge in [-0.25, -0.2) is 0 Å². The van der Waals surface area contributed by atoms with E-state index in [9.17, 15) is 4.79 Å². The lowest BCUT2D eigenvalue weighted by atomic mass is 10.0. The summed E-state index contributed by atoms with van der Waals surface area (Å²) in [5.41, 5.74) is 5.70.